The SMILES string of the molecule is COC(=O)CCNC1(CO)CCC(C)CC1. The first-order valence-corrected chi connectivity index (χ1v) is 6.04. The Morgan fingerprint density at radius 3 is 2.62 bits per heavy atom. The molecule has 0 heterocycles. The summed E-state index contributed by atoms with van der Waals surface area (Å²) in [5, 5.41) is 12.8. The molecule has 0 aliphatic heterocycles. The maximum atomic E-state index is 11.0. The fourth-order valence-electron chi connectivity index (χ4n) is 2.24. The lowest BCUT2D eigenvalue weighted by Crippen LogP contribution is -2.51. The summed E-state index contributed by atoms with van der Waals surface area (Å²) in [7, 11) is 1.40. The molecule has 0 aromatic rings. The third-order valence-corrected chi connectivity index (χ3v) is 3.59. The number of rotatable bonds is 5. The molecule has 0 bridgehead atoms. The van der Waals surface area contributed by atoms with Gasteiger partial charge in [0.2, 0.25) is 0 Å². The summed E-state index contributed by atoms with van der Waals surface area (Å²) >= 11 is 0. The van der Waals surface area contributed by atoms with Crippen molar-refractivity contribution in [3.8, 4) is 0 Å². The maximum Gasteiger partial charge on any atom is 0.306 e. The quantitative estimate of drug-likeness (QED) is 0.693. The summed E-state index contributed by atoms with van der Waals surface area (Å²) in [6.45, 7) is 2.98. The van der Waals surface area contributed by atoms with E-state index in [-0.39, 0.29) is 18.1 Å². The molecule has 16 heavy (non-hydrogen) atoms. The maximum absolute atomic E-state index is 11.0. The van der Waals surface area contributed by atoms with Gasteiger partial charge in [0, 0.05) is 12.1 Å². The summed E-state index contributed by atoms with van der Waals surface area (Å²) in [6, 6.07) is 0. The minimum absolute atomic E-state index is 0.154. The minimum atomic E-state index is -0.204. The van der Waals surface area contributed by atoms with Crippen LogP contribution in [-0.4, -0.2) is 36.9 Å². The zero-order valence-corrected chi connectivity index (χ0v) is 10.3. The Labute approximate surface area is 97.4 Å². The van der Waals surface area contributed by atoms with Crippen LogP contribution in [0.5, 0.6) is 0 Å². The Hall–Kier alpha value is -0.610. The fraction of sp³-hybridized carbons (Fsp3) is 0.917. The number of hydrogen-bond donors (Lipinski definition) is 2. The van der Waals surface area contributed by atoms with Gasteiger partial charge in [-0.25, -0.2) is 0 Å². The van der Waals surface area contributed by atoms with Crippen LogP contribution in [0.15, 0.2) is 0 Å². The molecule has 1 aliphatic carbocycles. The number of carbonyl (C=O) groups excluding carboxylic acids is 1. The summed E-state index contributed by atoms with van der Waals surface area (Å²) in [5.74, 6) is 0.548. The highest BCUT2D eigenvalue weighted by Crippen LogP contribution is 2.31. The topological polar surface area (TPSA) is 58.6 Å². The largest absolute Gasteiger partial charge is 0.469 e. The van der Waals surface area contributed by atoms with Gasteiger partial charge in [-0.15, -0.1) is 0 Å². The number of aliphatic hydroxyl groups is 1. The Morgan fingerprint density at radius 2 is 2.12 bits per heavy atom. The van der Waals surface area contributed by atoms with Gasteiger partial charge in [0.1, 0.15) is 0 Å². The molecule has 0 atom stereocenters. The van der Waals surface area contributed by atoms with Crippen molar-refractivity contribution in [2.75, 3.05) is 20.3 Å². The highest BCUT2D eigenvalue weighted by atomic mass is 16.5. The number of nitrogens with one attached hydrogen (secondary N) is 1. The number of methoxy groups -OCH3 is 1. The smallest absolute Gasteiger partial charge is 0.306 e. The molecule has 94 valence electrons. The van der Waals surface area contributed by atoms with Gasteiger partial charge in [-0.1, -0.05) is 6.92 Å². The zero-order chi connectivity index (χ0) is 12.0. The lowest BCUT2D eigenvalue weighted by atomic mass is 9.77. The van der Waals surface area contributed by atoms with Gasteiger partial charge in [0.15, 0.2) is 0 Å². The van der Waals surface area contributed by atoms with Crippen molar-refractivity contribution in [1.82, 2.24) is 5.32 Å². The van der Waals surface area contributed by atoms with E-state index in [9.17, 15) is 9.90 Å². The summed E-state index contributed by atoms with van der Waals surface area (Å²) < 4.78 is 4.58. The van der Waals surface area contributed by atoms with Crippen molar-refractivity contribution in [2.45, 2.75) is 44.6 Å². The van der Waals surface area contributed by atoms with Gasteiger partial charge < -0.3 is 15.2 Å². The molecule has 4 nitrogen and oxygen atoms in total. The molecule has 2 N–H and O–H groups in total. The van der Waals surface area contributed by atoms with Gasteiger partial charge in [-0.2, -0.15) is 0 Å². The molecule has 0 amide bonds. The molecule has 1 fully saturated rings. The van der Waals surface area contributed by atoms with Gasteiger partial charge in [-0.05, 0) is 31.6 Å². The standard InChI is InChI=1S/C12H23NO3/c1-10-3-6-12(9-14,7-4-10)13-8-5-11(15)16-2/h10,13-14H,3-9H2,1-2H3. The average molecular weight is 229 g/mol. The highest BCUT2D eigenvalue weighted by Gasteiger charge is 2.32. The van der Waals surface area contributed by atoms with Gasteiger partial charge in [0.05, 0.1) is 20.1 Å². The lowest BCUT2D eigenvalue weighted by molar-refractivity contribution is -0.140. The van der Waals surface area contributed by atoms with E-state index >= 15 is 0 Å². The highest BCUT2D eigenvalue weighted by molar-refractivity contribution is 5.69. The van der Waals surface area contributed by atoms with Crippen LogP contribution in [-0.2, 0) is 9.53 Å². The Bertz CT molecular complexity index is 222. The molecule has 1 aliphatic rings. The van der Waals surface area contributed by atoms with Gasteiger partial charge in [-0.3, -0.25) is 4.79 Å². The third kappa shape index (κ3) is 3.76. The molecule has 0 unspecified atom stereocenters. The van der Waals surface area contributed by atoms with Crippen molar-refractivity contribution in [3.63, 3.8) is 0 Å². The Kier molecular flexibility index (Phi) is 5.22. The number of carbonyl (C=O) groups is 1. The van der Waals surface area contributed by atoms with E-state index in [0.717, 1.165) is 31.6 Å². The van der Waals surface area contributed by atoms with Crippen LogP contribution in [0.3, 0.4) is 0 Å². The molecular weight excluding hydrogens is 206 g/mol. The van der Waals surface area contributed by atoms with Crippen molar-refractivity contribution < 1.29 is 14.6 Å². The first-order chi connectivity index (χ1) is 7.62. The molecule has 0 aromatic carbocycles. The van der Waals surface area contributed by atoms with Crippen LogP contribution in [0.25, 0.3) is 0 Å². The van der Waals surface area contributed by atoms with Crippen LogP contribution in [0.1, 0.15) is 39.0 Å². The molecule has 0 saturated heterocycles. The summed E-state index contributed by atoms with van der Waals surface area (Å²) in [6.07, 6.45) is 4.64. The molecule has 0 radical (unpaired) electrons. The van der Waals surface area contributed by atoms with Gasteiger partial charge in [0.25, 0.3) is 0 Å². The van der Waals surface area contributed by atoms with E-state index in [1.165, 1.54) is 7.11 Å². The minimum Gasteiger partial charge on any atom is -0.469 e. The van der Waals surface area contributed by atoms with Crippen molar-refractivity contribution in [2.24, 2.45) is 5.92 Å². The van der Waals surface area contributed by atoms with Crippen molar-refractivity contribution in [3.05, 3.63) is 0 Å². The van der Waals surface area contributed by atoms with Gasteiger partial charge >= 0.3 is 5.97 Å². The van der Waals surface area contributed by atoms with E-state index in [0.29, 0.717) is 13.0 Å². The lowest BCUT2D eigenvalue weighted by Gasteiger charge is -2.39. The fourth-order valence-corrected chi connectivity index (χ4v) is 2.24. The number of aliphatic hydroxyl groups excluding tert-OH is 1. The Balaban J connectivity index is 2.33. The molecule has 1 rings (SSSR count). The molecule has 4 heteroatoms. The third-order valence-electron chi connectivity index (χ3n) is 3.59. The summed E-state index contributed by atoms with van der Waals surface area (Å²) in [4.78, 5) is 11.0. The van der Waals surface area contributed by atoms with Crippen LogP contribution in [0.4, 0.5) is 0 Å². The predicted molar refractivity (Wildman–Crippen MR) is 62.1 cm³/mol. The molecule has 0 spiro atoms. The van der Waals surface area contributed by atoms with E-state index in [2.05, 4.69) is 17.0 Å². The van der Waals surface area contributed by atoms with Crippen LogP contribution < -0.4 is 5.32 Å². The van der Waals surface area contributed by atoms with Crippen LogP contribution in [0.2, 0.25) is 0 Å². The van der Waals surface area contributed by atoms with Crippen molar-refractivity contribution >= 4 is 5.97 Å². The van der Waals surface area contributed by atoms with E-state index in [4.69, 9.17) is 0 Å². The van der Waals surface area contributed by atoms with E-state index in [1.807, 2.05) is 0 Å². The molecule has 1 saturated carbocycles. The van der Waals surface area contributed by atoms with Crippen molar-refractivity contribution in [1.29, 1.82) is 0 Å². The van der Waals surface area contributed by atoms with E-state index in [1.54, 1.807) is 0 Å². The first-order valence-electron chi connectivity index (χ1n) is 6.04. The van der Waals surface area contributed by atoms with Crippen LogP contribution >= 0.6 is 0 Å². The first kappa shape index (κ1) is 13.5. The second-order valence-electron chi connectivity index (χ2n) is 4.87. The molecule has 0 aromatic heterocycles. The summed E-state index contributed by atoms with van der Waals surface area (Å²) in [5.41, 5.74) is -0.166. The number of esters is 1. The monoisotopic (exact) mass is 229 g/mol. The molecular formula is C12H23NO3. The predicted octanol–water partition coefficient (Wildman–Crippen LogP) is 1.08. The number of ether oxygens (including phenoxy) is 1. The Morgan fingerprint density at radius 1 is 1.50 bits per heavy atom. The number of hydrogen-bond acceptors (Lipinski definition) is 4. The normalized spacial score (nSPS) is 30.1. The average Bonchev–Trinajstić information content (AvgIpc) is 2.32. The second-order valence-corrected chi connectivity index (χ2v) is 4.87. The van der Waals surface area contributed by atoms with E-state index < -0.39 is 0 Å². The van der Waals surface area contributed by atoms with Crippen LogP contribution in [0, 0.1) is 5.92 Å². The zero-order valence-electron chi connectivity index (χ0n) is 10.3. The second kappa shape index (κ2) is 6.21.